The maximum atomic E-state index is 11.0. The van der Waals surface area contributed by atoms with Crippen LogP contribution in [0, 0.1) is 16.0 Å². The Bertz CT molecular complexity index is 412. The van der Waals surface area contributed by atoms with Crippen molar-refractivity contribution in [3.8, 4) is 0 Å². The molecule has 1 atom stereocenters. The summed E-state index contributed by atoms with van der Waals surface area (Å²) in [5, 5.41) is 25.0. The molecular weight excluding hydrogens is 222 g/mol. The van der Waals surface area contributed by atoms with Gasteiger partial charge in [-0.25, -0.2) is 0 Å². The maximum Gasteiger partial charge on any atom is 0.313 e. The third-order valence-electron chi connectivity index (χ3n) is 2.90. The van der Waals surface area contributed by atoms with Gasteiger partial charge in [0.2, 0.25) is 0 Å². The fraction of sp³-hybridized carbons (Fsp3) is 0.727. The third kappa shape index (κ3) is 2.82. The Labute approximate surface area is 100 Å². The van der Waals surface area contributed by atoms with E-state index >= 15 is 0 Å². The highest BCUT2D eigenvalue weighted by molar-refractivity contribution is 5.41. The number of nitro groups is 1. The average Bonchev–Trinajstić information content (AvgIpc) is 2.55. The smallest absolute Gasteiger partial charge is 0.313 e. The van der Waals surface area contributed by atoms with Crippen molar-refractivity contribution in [2.45, 2.75) is 39.7 Å². The third-order valence-corrected chi connectivity index (χ3v) is 2.90. The van der Waals surface area contributed by atoms with E-state index in [1.165, 1.54) is 4.68 Å². The predicted molar refractivity (Wildman–Crippen MR) is 63.8 cm³/mol. The van der Waals surface area contributed by atoms with Crippen LogP contribution in [0.3, 0.4) is 0 Å². The number of nitrogens with zero attached hydrogens (tertiary/aromatic N) is 3. The maximum absolute atomic E-state index is 11.0. The highest BCUT2D eigenvalue weighted by atomic mass is 16.6. The monoisotopic (exact) mass is 241 g/mol. The molecule has 6 heteroatoms. The van der Waals surface area contributed by atoms with Crippen LogP contribution in [0.25, 0.3) is 0 Å². The summed E-state index contributed by atoms with van der Waals surface area (Å²) in [7, 11) is 1.68. The minimum Gasteiger partial charge on any atom is -0.392 e. The molecule has 96 valence electrons. The number of aliphatic hydroxyl groups excluding tert-OH is 1. The minimum atomic E-state index is -0.589. The van der Waals surface area contributed by atoms with Crippen molar-refractivity contribution < 1.29 is 10.0 Å². The average molecular weight is 241 g/mol. The molecule has 0 fully saturated rings. The number of hydrogen-bond acceptors (Lipinski definition) is 4. The molecule has 1 unspecified atom stereocenters. The van der Waals surface area contributed by atoms with Gasteiger partial charge in [-0.05, 0) is 12.3 Å². The SMILES string of the molecule is CCc1nn(C)c(CC(O)C(C)C)c1[N+](=O)[O-]. The lowest BCUT2D eigenvalue weighted by atomic mass is 10.0. The van der Waals surface area contributed by atoms with E-state index in [0.717, 1.165) is 0 Å². The highest BCUT2D eigenvalue weighted by Gasteiger charge is 2.27. The molecule has 1 N–H and O–H groups in total. The lowest BCUT2D eigenvalue weighted by Crippen LogP contribution is -2.20. The first kappa shape index (κ1) is 13.6. The van der Waals surface area contributed by atoms with Gasteiger partial charge in [-0.15, -0.1) is 0 Å². The molecule has 17 heavy (non-hydrogen) atoms. The normalized spacial score (nSPS) is 13.1. The van der Waals surface area contributed by atoms with E-state index in [1.807, 2.05) is 20.8 Å². The number of rotatable bonds is 5. The molecule has 1 aromatic rings. The molecular formula is C11H19N3O3. The Balaban J connectivity index is 3.13. The van der Waals surface area contributed by atoms with E-state index in [1.54, 1.807) is 7.05 Å². The number of aryl methyl sites for hydroxylation is 2. The standard InChI is InChI=1S/C11H19N3O3/c1-5-8-11(14(16)17)9(13(4)12-8)6-10(15)7(2)3/h7,10,15H,5-6H2,1-4H3. The molecule has 0 radical (unpaired) electrons. The van der Waals surface area contributed by atoms with Gasteiger partial charge in [0.25, 0.3) is 0 Å². The molecule has 0 saturated carbocycles. The first-order valence-electron chi connectivity index (χ1n) is 5.75. The zero-order valence-electron chi connectivity index (χ0n) is 10.7. The first-order valence-corrected chi connectivity index (χ1v) is 5.75. The summed E-state index contributed by atoms with van der Waals surface area (Å²) in [6, 6.07) is 0. The van der Waals surface area contributed by atoms with Crippen LogP contribution in [0.5, 0.6) is 0 Å². The van der Waals surface area contributed by atoms with Crippen molar-refractivity contribution in [3.63, 3.8) is 0 Å². The zero-order chi connectivity index (χ0) is 13.2. The van der Waals surface area contributed by atoms with Gasteiger partial charge in [-0.3, -0.25) is 14.8 Å². The largest absolute Gasteiger partial charge is 0.392 e. The van der Waals surface area contributed by atoms with Crippen LogP contribution in [0.2, 0.25) is 0 Å². The molecule has 0 aromatic carbocycles. The van der Waals surface area contributed by atoms with E-state index < -0.39 is 11.0 Å². The fourth-order valence-electron chi connectivity index (χ4n) is 1.72. The van der Waals surface area contributed by atoms with Crippen LogP contribution in [0.1, 0.15) is 32.2 Å². The van der Waals surface area contributed by atoms with Crippen LogP contribution in [0.4, 0.5) is 5.69 Å². The summed E-state index contributed by atoms with van der Waals surface area (Å²) < 4.78 is 1.50. The second kappa shape index (κ2) is 5.27. The molecule has 0 aliphatic rings. The van der Waals surface area contributed by atoms with Gasteiger partial charge >= 0.3 is 5.69 Å². The summed E-state index contributed by atoms with van der Waals surface area (Å²) in [5.74, 6) is 0.0644. The molecule has 6 nitrogen and oxygen atoms in total. The number of aliphatic hydroxyl groups is 1. The van der Waals surface area contributed by atoms with E-state index in [-0.39, 0.29) is 18.0 Å². The molecule has 0 bridgehead atoms. The van der Waals surface area contributed by atoms with Gasteiger partial charge in [-0.1, -0.05) is 20.8 Å². The molecule has 0 aliphatic carbocycles. The van der Waals surface area contributed by atoms with Crippen LogP contribution < -0.4 is 0 Å². The summed E-state index contributed by atoms with van der Waals surface area (Å²) in [6.45, 7) is 5.60. The Morgan fingerprint density at radius 3 is 2.53 bits per heavy atom. The van der Waals surface area contributed by atoms with Gasteiger partial charge in [0.15, 0.2) is 0 Å². The Morgan fingerprint density at radius 1 is 1.53 bits per heavy atom. The second-order valence-corrected chi connectivity index (χ2v) is 4.49. The highest BCUT2D eigenvalue weighted by Crippen LogP contribution is 2.25. The molecule has 0 saturated heterocycles. The summed E-state index contributed by atoms with van der Waals surface area (Å²) in [6.07, 6.45) is 0.188. The molecule has 0 spiro atoms. The predicted octanol–water partition coefficient (Wildman–Crippen LogP) is 1.45. The van der Waals surface area contributed by atoms with Crippen LogP contribution >= 0.6 is 0 Å². The van der Waals surface area contributed by atoms with Crippen molar-refractivity contribution in [3.05, 3.63) is 21.5 Å². The van der Waals surface area contributed by atoms with Gasteiger partial charge in [0.1, 0.15) is 11.4 Å². The van der Waals surface area contributed by atoms with Crippen molar-refractivity contribution in [2.75, 3.05) is 0 Å². The Hall–Kier alpha value is -1.43. The second-order valence-electron chi connectivity index (χ2n) is 4.49. The van der Waals surface area contributed by atoms with Crippen molar-refractivity contribution in [1.82, 2.24) is 9.78 Å². The van der Waals surface area contributed by atoms with E-state index in [2.05, 4.69) is 5.10 Å². The van der Waals surface area contributed by atoms with E-state index in [4.69, 9.17) is 0 Å². The van der Waals surface area contributed by atoms with Gasteiger partial charge in [0.05, 0.1) is 11.0 Å². The topological polar surface area (TPSA) is 81.2 Å². The first-order chi connectivity index (χ1) is 7.88. The minimum absolute atomic E-state index is 0.0506. The zero-order valence-corrected chi connectivity index (χ0v) is 10.7. The van der Waals surface area contributed by atoms with Crippen molar-refractivity contribution in [2.24, 2.45) is 13.0 Å². The lowest BCUT2D eigenvalue weighted by molar-refractivity contribution is -0.386. The van der Waals surface area contributed by atoms with Gasteiger partial charge in [-0.2, -0.15) is 5.10 Å². The number of aromatic nitrogens is 2. The molecule has 1 aromatic heterocycles. The van der Waals surface area contributed by atoms with Crippen LogP contribution in [0.15, 0.2) is 0 Å². The summed E-state index contributed by atoms with van der Waals surface area (Å²) in [4.78, 5) is 10.6. The van der Waals surface area contributed by atoms with Crippen LogP contribution in [-0.4, -0.2) is 25.9 Å². The number of hydrogen-bond donors (Lipinski definition) is 1. The van der Waals surface area contributed by atoms with Crippen LogP contribution in [-0.2, 0) is 19.9 Å². The van der Waals surface area contributed by atoms with Gasteiger partial charge in [0, 0.05) is 13.5 Å². The molecule has 0 amide bonds. The summed E-state index contributed by atoms with van der Waals surface area (Å²) >= 11 is 0. The fourth-order valence-corrected chi connectivity index (χ4v) is 1.72. The van der Waals surface area contributed by atoms with Crippen molar-refractivity contribution >= 4 is 5.69 Å². The van der Waals surface area contributed by atoms with Gasteiger partial charge < -0.3 is 5.11 Å². The quantitative estimate of drug-likeness (QED) is 0.625. The van der Waals surface area contributed by atoms with E-state index in [9.17, 15) is 15.2 Å². The Kier molecular flexibility index (Phi) is 4.22. The molecule has 1 rings (SSSR count). The summed E-state index contributed by atoms with van der Waals surface area (Å²) in [5.41, 5.74) is 1.02. The Morgan fingerprint density at radius 2 is 2.12 bits per heavy atom. The van der Waals surface area contributed by atoms with E-state index in [0.29, 0.717) is 17.8 Å². The van der Waals surface area contributed by atoms with Crippen molar-refractivity contribution in [1.29, 1.82) is 0 Å². The molecule has 0 aliphatic heterocycles. The lowest BCUT2D eigenvalue weighted by Gasteiger charge is -2.13. The molecule has 1 heterocycles.